The minimum Gasteiger partial charge on any atom is -0.465 e. The molecule has 1 aromatic carbocycles. The zero-order valence-electron chi connectivity index (χ0n) is 11.9. The lowest BCUT2D eigenvalue weighted by Gasteiger charge is -2.21. The van der Waals surface area contributed by atoms with Crippen molar-refractivity contribution in [1.29, 1.82) is 0 Å². The molecule has 21 heavy (non-hydrogen) atoms. The van der Waals surface area contributed by atoms with Crippen molar-refractivity contribution in [2.75, 3.05) is 13.2 Å². The van der Waals surface area contributed by atoms with E-state index in [0.717, 1.165) is 17.6 Å². The fraction of sp³-hybridized carbons (Fsp3) is 0.312. The Bertz CT molecular complexity index is 571. The van der Waals surface area contributed by atoms with Gasteiger partial charge in [-0.1, -0.05) is 30.3 Å². The summed E-state index contributed by atoms with van der Waals surface area (Å²) in [6, 6.07) is 12.2. The maximum Gasteiger partial charge on any atom is 0.320 e. The monoisotopic (exact) mass is 367 g/mol. The number of halogens is 1. The first-order valence-corrected chi connectivity index (χ1v) is 8.50. The number of benzene rings is 1. The van der Waals surface area contributed by atoms with E-state index in [0.29, 0.717) is 13.2 Å². The molecule has 0 fully saturated rings. The van der Waals surface area contributed by atoms with Gasteiger partial charge in [0, 0.05) is 22.4 Å². The second kappa shape index (κ2) is 8.32. The molecule has 0 saturated heterocycles. The van der Waals surface area contributed by atoms with Crippen LogP contribution < -0.4 is 0 Å². The summed E-state index contributed by atoms with van der Waals surface area (Å²) < 4.78 is 6.16. The summed E-state index contributed by atoms with van der Waals surface area (Å²) in [5, 5.41) is 2.05. The molecule has 0 aliphatic carbocycles. The van der Waals surface area contributed by atoms with E-state index in [4.69, 9.17) is 4.74 Å². The summed E-state index contributed by atoms with van der Waals surface area (Å²) in [7, 11) is 0. The number of rotatable bonds is 7. The van der Waals surface area contributed by atoms with Crippen molar-refractivity contribution in [3.8, 4) is 0 Å². The van der Waals surface area contributed by atoms with E-state index in [9.17, 15) is 4.79 Å². The van der Waals surface area contributed by atoms with E-state index >= 15 is 0 Å². The Hall–Kier alpha value is -1.17. The zero-order chi connectivity index (χ0) is 15.1. The van der Waals surface area contributed by atoms with Gasteiger partial charge in [0.1, 0.15) is 0 Å². The SMILES string of the molecule is CCOC(=O)CN(Cc1ccccc1)Cc1sccc1Br. The van der Waals surface area contributed by atoms with E-state index < -0.39 is 0 Å². The van der Waals surface area contributed by atoms with Gasteiger partial charge in [-0.25, -0.2) is 0 Å². The number of nitrogens with zero attached hydrogens (tertiary/aromatic N) is 1. The predicted molar refractivity (Wildman–Crippen MR) is 89.2 cm³/mol. The number of esters is 1. The predicted octanol–water partition coefficient (Wildman–Crippen LogP) is 4.08. The molecule has 0 saturated carbocycles. The molecule has 0 unspecified atom stereocenters. The summed E-state index contributed by atoms with van der Waals surface area (Å²) in [4.78, 5) is 15.1. The lowest BCUT2D eigenvalue weighted by Crippen LogP contribution is -2.30. The summed E-state index contributed by atoms with van der Waals surface area (Å²) in [6.45, 7) is 4.00. The lowest BCUT2D eigenvalue weighted by atomic mass is 10.2. The molecular formula is C16H18BrNO2S. The van der Waals surface area contributed by atoms with Crippen LogP contribution in [-0.4, -0.2) is 24.0 Å². The third kappa shape index (κ3) is 5.26. The van der Waals surface area contributed by atoms with Crippen molar-refractivity contribution in [2.24, 2.45) is 0 Å². The molecule has 0 N–H and O–H groups in total. The summed E-state index contributed by atoms with van der Waals surface area (Å²) >= 11 is 5.23. The van der Waals surface area contributed by atoms with Gasteiger partial charge < -0.3 is 4.74 Å². The molecule has 0 amide bonds. The molecule has 0 atom stereocenters. The summed E-state index contributed by atoms with van der Waals surface area (Å²) in [6.07, 6.45) is 0. The minimum absolute atomic E-state index is 0.180. The fourth-order valence-corrected chi connectivity index (χ4v) is 3.56. The van der Waals surface area contributed by atoms with E-state index in [-0.39, 0.29) is 5.97 Å². The molecule has 112 valence electrons. The number of hydrogen-bond donors (Lipinski definition) is 0. The highest BCUT2D eigenvalue weighted by atomic mass is 79.9. The second-order valence-corrected chi connectivity index (χ2v) is 6.48. The maximum absolute atomic E-state index is 11.8. The molecule has 0 bridgehead atoms. The normalized spacial score (nSPS) is 10.8. The Labute approximate surface area is 137 Å². The molecule has 1 aromatic heterocycles. The number of thiophene rings is 1. The summed E-state index contributed by atoms with van der Waals surface area (Å²) in [5.41, 5.74) is 1.19. The largest absolute Gasteiger partial charge is 0.465 e. The standard InChI is InChI=1S/C16H18BrNO2S/c1-2-20-16(19)12-18(10-13-6-4-3-5-7-13)11-15-14(17)8-9-21-15/h3-9H,2,10-12H2,1H3. The molecular weight excluding hydrogens is 350 g/mol. The van der Waals surface area contributed by atoms with E-state index in [1.165, 1.54) is 10.4 Å². The van der Waals surface area contributed by atoms with Gasteiger partial charge in [-0.2, -0.15) is 0 Å². The van der Waals surface area contributed by atoms with Crippen LogP contribution in [0.2, 0.25) is 0 Å². The molecule has 1 heterocycles. The fourth-order valence-electron chi connectivity index (χ4n) is 2.04. The third-order valence-electron chi connectivity index (χ3n) is 2.97. The van der Waals surface area contributed by atoms with Gasteiger partial charge in [0.25, 0.3) is 0 Å². The van der Waals surface area contributed by atoms with Gasteiger partial charge in [0.15, 0.2) is 0 Å². The van der Waals surface area contributed by atoms with Crippen molar-refractivity contribution < 1.29 is 9.53 Å². The minimum atomic E-state index is -0.180. The van der Waals surface area contributed by atoms with Crippen LogP contribution in [0.25, 0.3) is 0 Å². The Morgan fingerprint density at radius 2 is 2.00 bits per heavy atom. The summed E-state index contributed by atoms with van der Waals surface area (Å²) in [5.74, 6) is -0.180. The molecule has 0 spiro atoms. The first-order valence-electron chi connectivity index (χ1n) is 6.82. The van der Waals surface area contributed by atoms with Crippen LogP contribution in [0.15, 0.2) is 46.3 Å². The molecule has 0 aliphatic rings. The first kappa shape index (κ1) is 16.2. The van der Waals surface area contributed by atoms with E-state index in [2.05, 4.69) is 33.0 Å². The Kier molecular flexibility index (Phi) is 6.42. The highest BCUT2D eigenvalue weighted by Gasteiger charge is 2.14. The Morgan fingerprint density at radius 3 is 2.62 bits per heavy atom. The molecule has 3 nitrogen and oxygen atoms in total. The van der Waals surface area contributed by atoms with Crippen molar-refractivity contribution in [2.45, 2.75) is 20.0 Å². The van der Waals surface area contributed by atoms with Gasteiger partial charge >= 0.3 is 5.97 Å². The highest BCUT2D eigenvalue weighted by Crippen LogP contribution is 2.24. The number of ether oxygens (including phenoxy) is 1. The van der Waals surface area contributed by atoms with Crippen LogP contribution >= 0.6 is 27.3 Å². The van der Waals surface area contributed by atoms with E-state index in [1.807, 2.05) is 36.6 Å². The van der Waals surface area contributed by atoms with Gasteiger partial charge in [0.2, 0.25) is 0 Å². The van der Waals surface area contributed by atoms with Gasteiger partial charge in [-0.15, -0.1) is 11.3 Å². The smallest absolute Gasteiger partial charge is 0.320 e. The van der Waals surface area contributed by atoms with Crippen LogP contribution in [0, 0.1) is 0 Å². The van der Waals surface area contributed by atoms with Gasteiger partial charge in [-0.3, -0.25) is 9.69 Å². The van der Waals surface area contributed by atoms with Crippen LogP contribution in [0.5, 0.6) is 0 Å². The van der Waals surface area contributed by atoms with Crippen molar-refractivity contribution in [3.05, 3.63) is 56.7 Å². The topological polar surface area (TPSA) is 29.5 Å². The zero-order valence-corrected chi connectivity index (χ0v) is 14.3. The Balaban J connectivity index is 2.06. The quantitative estimate of drug-likeness (QED) is 0.690. The van der Waals surface area contributed by atoms with Crippen LogP contribution in [0.3, 0.4) is 0 Å². The van der Waals surface area contributed by atoms with Crippen molar-refractivity contribution in [3.63, 3.8) is 0 Å². The number of hydrogen-bond acceptors (Lipinski definition) is 4. The molecule has 5 heteroatoms. The number of carbonyl (C=O) groups is 1. The molecule has 0 aliphatic heterocycles. The Morgan fingerprint density at radius 1 is 1.24 bits per heavy atom. The average molecular weight is 368 g/mol. The van der Waals surface area contributed by atoms with Crippen LogP contribution in [0.4, 0.5) is 0 Å². The first-order chi connectivity index (χ1) is 10.2. The highest BCUT2D eigenvalue weighted by molar-refractivity contribution is 9.10. The second-order valence-electron chi connectivity index (χ2n) is 4.63. The average Bonchev–Trinajstić information content (AvgIpc) is 2.85. The molecule has 2 rings (SSSR count). The van der Waals surface area contributed by atoms with Crippen molar-refractivity contribution in [1.82, 2.24) is 4.90 Å². The van der Waals surface area contributed by atoms with Gasteiger partial charge in [0.05, 0.1) is 13.2 Å². The van der Waals surface area contributed by atoms with Crippen LogP contribution in [-0.2, 0) is 22.6 Å². The molecule has 0 radical (unpaired) electrons. The van der Waals surface area contributed by atoms with Gasteiger partial charge in [-0.05, 0) is 39.9 Å². The van der Waals surface area contributed by atoms with E-state index in [1.54, 1.807) is 11.3 Å². The third-order valence-corrected chi connectivity index (χ3v) is 4.88. The van der Waals surface area contributed by atoms with Crippen molar-refractivity contribution >= 4 is 33.2 Å². The molecule has 2 aromatic rings. The lowest BCUT2D eigenvalue weighted by molar-refractivity contribution is -0.144. The maximum atomic E-state index is 11.8. The number of carbonyl (C=O) groups excluding carboxylic acids is 1. The van der Waals surface area contributed by atoms with Crippen LogP contribution in [0.1, 0.15) is 17.4 Å².